The van der Waals surface area contributed by atoms with Crippen LogP contribution in [0.5, 0.6) is 0 Å². The minimum atomic E-state index is -0.137. The first kappa shape index (κ1) is 14.4. The van der Waals surface area contributed by atoms with Gasteiger partial charge in [0.05, 0.1) is 4.70 Å². The first-order valence-electron chi connectivity index (χ1n) is 7.41. The molecule has 0 aliphatic carbocycles. The maximum absolute atomic E-state index is 12.3. The van der Waals surface area contributed by atoms with Crippen molar-refractivity contribution >= 4 is 47.3 Å². The molecule has 0 saturated carbocycles. The number of hydrogen-bond donors (Lipinski definition) is 1. The molecule has 3 nitrogen and oxygen atoms in total. The number of fused-ring (bicyclic) bond motifs is 3. The number of hydrogen-bond acceptors (Lipinski definition) is 5. The van der Waals surface area contributed by atoms with E-state index in [0.717, 1.165) is 32.5 Å². The molecule has 2 aromatic carbocycles. The van der Waals surface area contributed by atoms with Crippen molar-refractivity contribution in [3.63, 3.8) is 0 Å². The van der Waals surface area contributed by atoms with Crippen LogP contribution in [0.3, 0.4) is 0 Å². The van der Waals surface area contributed by atoms with Gasteiger partial charge in [0.15, 0.2) is 5.13 Å². The van der Waals surface area contributed by atoms with Crippen molar-refractivity contribution in [3.05, 3.63) is 70.5 Å². The minimum Gasteiger partial charge on any atom is -0.361 e. The summed E-state index contributed by atoms with van der Waals surface area (Å²) in [5.74, 6) is 0. The average Bonchev–Trinajstić information content (AvgIpc) is 2.96. The molecule has 0 aliphatic heterocycles. The van der Waals surface area contributed by atoms with Crippen LogP contribution in [0.4, 0.5) is 5.13 Å². The largest absolute Gasteiger partial charge is 0.361 e. The number of nitrogens with zero attached hydrogens (tertiary/aromatic N) is 1. The summed E-state index contributed by atoms with van der Waals surface area (Å²) in [6, 6.07) is 18.4. The Kier molecular flexibility index (Phi) is 3.81. The van der Waals surface area contributed by atoms with Crippen molar-refractivity contribution in [1.82, 2.24) is 4.98 Å². The second-order valence-corrected chi connectivity index (χ2v) is 7.29. The second kappa shape index (κ2) is 6.10. The molecule has 0 fully saturated rings. The fourth-order valence-corrected chi connectivity index (χ4v) is 4.82. The Hall–Kier alpha value is -2.24. The fourth-order valence-electron chi connectivity index (χ4n) is 2.56. The van der Waals surface area contributed by atoms with Gasteiger partial charge in [-0.15, -0.1) is 11.3 Å². The van der Waals surface area contributed by atoms with E-state index in [4.69, 9.17) is 0 Å². The molecule has 0 unspecified atom stereocenters. The highest BCUT2D eigenvalue weighted by molar-refractivity contribution is 7.32. The Labute approximate surface area is 141 Å². The Bertz CT molecular complexity index is 1020. The Morgan fingerprint density at radius 3 is 2.57 bits per heavy atom. The molecule has 0 saturated heterocycles. The van der Waals surface area contributed by atoms with Crippen LogP contribution in [0.25, 0.3) is 19.5 Å². The van der Waals surface area contributed by atoms with Crippen LogP contribution in [0, 0.1) is 0 Å². The van der Waals surface area contributed by atoms with E-state index in [9.17, 15) is 4.79 Å². The van der Waals surface area contributed by atoms with Gasteiger partial charge in [-0.25, -0.2) is 0 Å². The van der Waals surface area contributed by atoms with Crippen molar-refractivity contribution in [2.75, 3.05) is 11.9 Å². The highest BCUT2D eigenvalue weighted by atomic mass is 32.1. The normalized spacial score (nSPS) is 11.1. The summed E-state index contributed by atoms with van der Waals surface area (Å²) in [6.45, 7) is 0.764. The van der Waals surface area contributed by atoms with Crippen molar-refractivity contribution in [1.29, 1.82) is 0 Å². The number of nitrogens with one attached hydrogen (secondary N) is 1. The molecule has 0 bridgehead atoms. The van der Waals surface area contributed by atoms with Crippen molar-refractivity contribution in [2.45, 2.75) is 6.42 Å². The number of aromatic nitrogens is 1. The Morgan fingerprint density at radius 1 is 0.913 bits per heavy atom. The second-order valence-electron chi connectivity index (χ2n) is 5.24. The lowest BCUT2D eigenvalue weighted by molar-refractivity contribution is 1.01. The smallest absolute Gasteiger partial charge is 0.291 e. The van der Waals surface area contributed by atoms with E-state index in [-0.39, 0.29) is 5.56 Å². The van der Waals surface area contributed by atoms with E-state index >= 15 is 0 Å². The minimum absolute atomic E-state index is 0.137. The van der Waals surface area contributed by atoms with Gasteiger partial charge in [0.25, 0.3) is 5.56 Å². The van der Waals surface area contributed by atoms with Gasteiger partial charge in [0.1, 0.15) is 4.70 Å². The quantitative estimate of drug-likeness (QED) is 0.594. The lowest BCUT2D eigenvalue weighted by atomic mass is 10.2. The predicted molar refractivity (Wildman–Crippen MR) is 99.9 cm³/mol. The molecule has 0 radical (unpaired) electrons. The molecule has 1 N–H and O–H groups in total. The van der Waals surface area contributed by atoms with Crippen molar-refractivity contribution < 1.29 is 0 Å². The monoisotopic (exact) mass is 338 g/mol. The van der Waals surface area contributed by atoms with Gasteiger partial charge in [0, 0.05) is 16.6 Å². The molecule has 2 heterocycles. The Balaban J connectivity index is 1.63. The van der Waals surface area contributed by atoms with Crippen LogP contribution in [-0.4, -0.2) is 11.5 Å². The summed E-state index contributed by atoms with van der Waals surface area (Å²) in [4.78, 5) is 16.5. The topological polar surface area (TPSA) is 42.0 Å². The molecule has 0 amide bonds. The van der Waals surface area contributed by atoms with E-state index in [1.807, 2.05) is 30.3 Å². The summed E-state index contributed by atoms with van der Waals surface area (Å²) >= 11 is 3.09. The SMILES string of the molecule is O=c1nc(NCCc2ccccc2)sc2c1sc1ccccc12. The lowest BCUT2D eigenvalue weighted by Crippen LogP contribution is -2.10. The van der Waals surface area contributed by atoms with Crippen LogP contribution in [-0.2, 0) is 6.42 Å². The Morgan fingerprint density at radius 2 is 1.70 bits per heavy atom. The first-order chi connectivity index (χ1) is 11.3. The summed E-state index contributed by atoms with van der Waals surface area (Å²) in [5.41, 5.74) is 1.14. The molecule has 0 spiro atoms. The maximum Gasteiger partial charge on any atom is 0.291 e. The van der Waals surface area contributed by atoms with Crippen LogP contribution in [0.2, 0.25) is 0 Å². The lowest BCUT2D eigenvalue weighted by Gasteiger charge is -2.04. The third-order valence-corrected chi connectivity index (χ3v) is 6.02. The van der Waals surface area contributed by atoms with Gasteiger partial charge in [-0.1, -0.05) is 59.9 Å². The van der Waals surface area contributed by atoms with Gasteiger partial charge in [-0.05, 0) is 18.1 Å². The molecule has 4 rings (SSSR count). The maximum atomic E-state index is 12.3. The molecule has 2 aromatic heterocycles. The third-order valence-electron chi connectivity index (χ3n) is 3.68. The third kappa shape index (κ3) is 2.85. The van der Waals surface area contributed by atoms with Gasteiger partial charge in [-0.2, -0.15) is 4.98 Å². The molecule has 114 valence electrons. The van der Waals surface area contributed by atoms with Crippen LogP contribution in [0.1, 0.15) is 5.56 Å². The number of thiophene rings is 1. The van der Waals surface area contributed by atoms with Gasteiger partial charge in [-0.3, -0.25) is 4.79 Å². The number of anilines is 1. The molecule has 0 aliphatic rings. The zero-order valence-corrected chi connectivity index (χ0v) is 13.9. The van der Waals surface area contributed by atoms with Crippen LogP contribution < -0.4 is 10.9 Å². The standard InChI is InChI=1S/C18H14N2OS2/c21-17-16-15(13-8-4-5-9-14(13)22-16)23-18(20-17)19-11-10-12-6-2-1-3-7-12/h1-9H,10-11H2,(H,19,20,21). The zero-order valence-electron chi connectivity index (χ0n) is 12.3. The molecule has 4 aromatic rings. The predicted octanol–water partition coefficient (Wildman–Crippen LogP) is 4.53. The van der Waals surface area contributed by atoms with Crippen molar-refractivity contribution in [2.24, 2.45) is 0 Å². The van der Waals surface area contributed by atoms with Gasteiger partial charge < -0.3 is 5.32 Å². The summed E-state index contributed by atoms with van der Waals surface area (Å²) in [5, 5.41) is 5.13. The fraction of sp³-hybridized carbons (Fsp3) is 0.111. The van der Waals surface area contributed by atoms with E-state index in [1.165, 1.54) is 16.9 Å². The van der Waals surface area contributed by atoms with E-state index in [0.29, 0.717) is 5.13 Å². The molecule has 23 heavy (non-hydrogen) atoms. The van der Waals surface area contributed by atoms with E-state index in [2.05, 4.69) is 34.6 Å². The zero-order chi connectivity index (χ0) is 15.6. The summed E-state index contributed by atoms with van der Waals surface area (Å²) < 4.78 is 2.93. The van der Waals surface area contributed by atoms with Crippen LogP contribution >= 0.6 is 22.7 Å². The average molecular weight is 338 g/mol. The highest BCUT2D eigenvalue weighted by Crippen LogP contribution is 2.35. The number of rotatable bonds is 4. The molecule has 0 atom stereocenters. The summed E-state index contributed by atoms with van der Waals surface area (Å²) in [6.07, 6.45) is 0.909. The summed E-state index contributed by atoms with van der Waals surface area (Å²) in [7, 11) is 0. The van der Waals surface area contributed by atoms with Crippen molar-refractivity contribution in [3.8, 4) is 0 Å². The van der Waals surface area contributed by atoms with Crippen LogP contribution in [0.15, 0.2) is 59.4 Å². The first-order valence-corrected chi connectivity index (χ1v) is 9.05. The molecular weight excluding hydrogens is 324 g/mol. The van der Waals surface area contributed by atoms with Gasteiger partial charge >= 0.3 is 0 Å². The molecule has 5 heteroatoms. The van der Waals surface area contributed by atoms with E-state index < -0.39 is 0 Å². The van der Waals surface area contributed by atoms with E-state index in [1.54, 1.807) is 11.3 Å². The number of benzene rings is 2. The van der Waals surface area contributed by atoms with Gasteiger partial charge in [0.2, 0.25) is 0 Å². The molecular formula is C18H14N2OS2. The highest BCUT2D eigenvalue weighted by Gasteiger charge is 2.11.